The van der Waals surface area contributed by atoms with Crippen molar-refractivity contribution in [3.63, 3.8) is 0 Å². The molecule has 0 aliphatic carbocycles. The van der Waals surface area contributed by atoms with E-state index in [1.54, 1.807) is 12.3 Å². The summed E-state index contributed by atoms with van der Waals surface area (Å²) >= 11 is 0. The topological polar surface area (TPSA) is 57.7 Å². The predicted octanol–water partition coefficient (Wildman–Crippen LogP) is 2.40. The van der Waals surface area contributed by atoms with E-state index in [4.69, 9.17) is 4.74 Å². The Morgan fingerprint density at radius 2 is 2.04 bits per heavy atom. The molecule has 3 heterocycles. The number of nitrogens with zero attached hydrogens (tertiary/aromatic N) is 3. The number of pyridine rings is 1. The lowest BCUT2D eigenvalue weighted by Gasteiger charge is -2.34. The van der Waals surface area contributed by atoms with Crippen molar-refractivity contribution in [3.8, 4) is 0 Å². The van der Waals surface area contributed by atoms with E-state index in [0.717, 1.165) is 43.7 Å². The van der Waals surface area contributed by atoms with Crippen LogP contribution in [0.25, 0.3) is 0 Å². The van der Waals surface area contributed by atoms with Gasteiger partial charge >= 0.3 is 0 Å². The van der Waals surface area contributed by atoms with Crippen LogP contribution in [0.15, 0.2) is 18.3 Å². The molecule has 1 aromatic rings. The van der Waals surface area contributed by atoms with Crippen molar-refractivity contribution in [3.05, 3.63) is 23.9 Å². The molecule has 1 aromatic heterocycles. The lowest BCUT2D eigenvalue weighted by atomic mass is 9.92. The Hall–Kier alpha value is -1.66. The van der Waals surface area contributed by atoms with E-state index in [1.807, 2.05) is 6.07 Å². The summed E-state index contributed by atoms with van der Waals surface area (Å²) in [6, 6.07) is 3.68. The summed E-state index contributed by atoms with van der Waals surface area (Å²) in [7, 11) is 0. The van der Waals surface area contributed by atoms with E-state index in [2.05, 4.69) is 40.9 Å². The number of anilines is 1. The molecule has 27 heavy (non-hydrogen) atoms. The van der Waals surface area contributed by atoms with Gasteiger partial charge in [-0.15, -0.1) is 0 Å². The largest absolute Gasteiger partial charge is 0.375 e. The summed E-state index contributed by atoms with van der Waals surface area (Å²) in [5.74, 6) is 2.40. The summed E-state index contributed by atoms with van der Waals surface area (Å²) in [5.41, 5.74) is 0.680. The molecule has 0 aromatic carbocycles. The van der Waals surface area contributed by atoms with Crippen LogP contribution in [0.1, 0.15) is 44.0 Å². The first-order chi connectivity index (χ1) is 13.0. The number of hydrogen-bond donors (Lipinski definition) is 1. The maximum Gasteiger partial charge on any atom is 0.251 e. The van der Waals surface area contributed by atoms with Gasteiger partial charge in [-0.2, -0.15) is 0 Å². The van der Waals surface area contributed by atoms with Gasteiger partial charge in [0.05, 0.1) is 12.7 Å². The molecule has 0 radical (unpaired) electrons. The lowest BCUT2D eigenvalue weighted by Crippen LogP contribution is -2.41. The Kier molecular flexibility index (Phi) is 7.07. The van der Waals surface area contributed by atoms with Crippen LogP contribution in [0.4, 0.5) is 5.82 Å². The summed E-state index contributed by atoms with van der Waals surface area (Å²) in [4.78, 5) is 21.7. The molecule has 0 unspecified atom stereocenters. The molecule has 6 heteroatoms. The molecule has 150 valence electrons. The van der Waals surface area contributed by atoms with Crippen LogP contribution in [-0.4, -0.2) is 67.8 Å². The van der Waals surface area contributed by atoms with Crippen LogP contribution in [0.2, 0.25) is 0 Å². The first-order valence-corrected chi connectivity index (χ1v) is 10.3. The third kappa shape index (κ3) is 5.91. The molecule has 2 fully saturated rings. The fourth-order valence-corrected chi connectivity index (χ4v) is 4.34. The van der Waals surface area contributed by atoms with E-state index >= 15 is 0 Å². The average molecular weight is 375 g/mol. The summed E-state index contributed by atoms with van der Waals surface area (Å²) in [6.45, 7) is 13.2. The molecule has 0 saturated carbocycles. The minimum absolute atomic E-state index is 0.0136. The van der Waals surface area contributed by atoms with Crippen LogP contribution in [0.5, 0.6) is 0 Å². The van der Waals surface area contributed by atoms with Crippen LogP contribution in [-0.2, 0) is 4.74 Å². The highest BCUT2D eigenvalue weighted by atomic mass is 16.5. The van der Waals surface area contributed by atoms with Crippen LogP contribution >= 0.6 is 0 Å². The standard InChI is InChI=1S/C21H34N4O2/c1-16-11-17(2)14-24(13-16)8-4-6-23-21(26)19-5-7-22-20(12-19)25-9-10-27-18(3)15-25/h5,7,12,16-18H,4,6,8-11,13-15H2,1-3H3,(H,23,26)/t16-,17-,18+/m1/s1. The van der Waals surface area contributed by atoms with Crippen molar-refractivity contribution in [1.29, 1.82) is 0 Å². The Morgan fingerprint density at radius 3 is 2.78 bits per heavy atom. The molecule has 2 aliphatic heterocycles. The summed E-state index contributed by atoms with van der Waals surface area (Å²) in [5, 5.41) is 3.06. The maximum absolute atomic E-state index is 12.5. The molecule has 1 N–H and O–H groups in total. The molecule has 3 atom stereocenters. The minimum Gasteiger partial charge on any atom is -0.375 e. The molecule has 2 aliphatic rings. The number of likely N-dealkylation sites (tertiary alicyclic amines) is 1. The van der Waals surface area contributed by atoms with Gasteiger partial charge in [0.25, 0.3) is 5.91 Å². The third-order valence-electron chi connectivity index (χ3n) is 5.45. The van der Waals surface area contributed by atoms with Crippen molar-refractivity contribution < 1.29 is 9.53 Å². The highest BCUT2D eigenvalue weighted by Crippen LogP contribution is 2.21. The normalized spacial score (nSPS) is 26.8. The maximum atomic E-state index is 12.5. The van der Waals surface area contributed by atoms with Gasteiger partial charge in [0.2, 0.25) is 0 Å². The second-order valence-corrected chi connectivity index (χ2v) is 8.35. The van der Waals surface area contributed by atoms with Gasteiger partial charge in [-0.3, -0.25) is 4.79 Å². The minimum atomic E-state index is -0.0136. The molecular weight excluding hydrogens is 340 g/mol. The van der Waals surface area contributed by atoms with E-state index in [1.165, 1.54) is 19.5 Å². The second-order valence-electron chi connectivity index (χ2n) is 8.35. The van der Waals surface area contributed by atoms with Gasteiger partial charge in [-0.1, -0.05) is 13.8 Å². The average Bonchev–Trinajstić information content (AvgIpc) is 2.64. The molecule has 0 spiro atoms. The molecule has 1 amide bonds. The van der Waals surface area contributed by atoms with E-state index in [-0.39, 0.29) is 12.0 Å². The zero-order chi connectivity index (χ0) is 19.2. The number of ether oxygens (including phenoxy) is 1. The smallest absolute Gasteiger partial charge is 0.251 e. The number of rotatable bonds is 6. The van der Waals surface area contributed by atoms with Crippen molar-refractivity contribution in [2.45, 2.75) is 39.7 Å². The monoisotopic (exact) mass is 374 g/mol. The number of carbonyl (C=O) groups excluding carboxylic acids is 1. The number of piperidine rings is 1. The Balaban J connectivity index is 1.45. The predicted molar refractivity (Wildman–Crippen MR) is 108 cm³/mol. The number of nitrogens with one attached hydrogen (secondary N) is 1. The first-order valence-electron chi connectivity index (χ1n) is 10.3. The zero-order valence-electron chi connectivity index (χ0n) is 17.0. The van der Waals surface area contributed by atoms with Crippen molar-refractivity contribution in [2.75, 3.05) is 50.8 Å². The molecule has 3 rings (SSSR count). The molecule has 6 nitrogen and oxygen atoms in total. The highest BCUT2D eigenvalue weighted by Gasteiger charge is 2.21. The van der Waals surface area contributed by atoms with E-state index in [0.29, 0.717) is 18.7 Å². The fourth-order valence-electron chi connectivity index (χ4n) is 4.34. The van der Waals surface area contributed by atoms with Gasteiger partial charge in [-0.25, -0.2) is 4.98 Å². The third-order valence-corrected chi connectivity index (χ3v) is 5.45. The SMILES string of the molecule is C[C@@H]1C[C@@H](C)CN(CCCNC(=O)c2ccnc(N3CCO[C@@H](C)C3)c2)C1. The highest BCUT2D eigenvalue weighted by molar-refractivity contribution is 5.94. The van der Waals surface area contributed by atoms with E-state index < -0.39 is 0 Å². The van der Waals surface area contributed by atoms with Gasteiger partial charge in [0.1, 0.15) is 5.82 Å². The Bertz CT molecular complexity index is 614. The van der Waals surface area contributed by atoms with Crippen molar-refractivity contribution in [1.82, 2.24) is 15.2 Å². The van der Waals surface area contributed by atoms with Crippen LogP contribution in [0.3, 0.4) is 0 Å². The number of amides is 1. The summed E-state index contributed by atoms with van der Waals surface area (Å²) < 4.78 is 5.58. The number of morpholine rings is 1. The van der Waals surface area contributed by atoms with Gasteiger partial charge in [0, 0.05) is 44.5 Å². The summed E-state index contributed by atoms with van der Waals surface area (Å²) in [6.07, 6.45) is 4.24. The Morgan fingerprint density at radius 1 is 1.26 bits per heavy atom. The molecule has 0 bridgehead atoms. The van der Waals surface area contributed by atoms with Gasteiger partial charge in [-0.05, 0) is 50.3 Å². The number of carbonyl (C=O) groups is 1. The lowest BCUT2D eigenvalue weighted by molar-refractivity contribution is 0.0529. The van der Waals surface area contributed by atoms with Crippen LogP contribution in [0, 0.1) is 11.8 Å². The van der Waals surface area contributed by atoms with Crippen LogP contribution < -0.4 is 10.2 Å². The number of hydrogen-bond acceptors (Lipinski definition) is 5. The fraction of sp³-hybridized carbons (Fsp3) is 0.714. The Labute approximate surface area is 163 Å². The molecular formula is C21H34N4O2. The zero-order valence-corrected chi connectivity index (χ0v) is 17.0. The number of aromatic nitrogens is 1. The van der Waals surface area contributed by atoms with Gasteiger partial charge in [0.15, 0.2) is 0 Å². The second kappa shape index (κ2) is 9.51. The van der Waals surface area contributed by atoms with Gasteiger partial charge < -0.3 is 19.9 Å². The van der Waals surface area contributed by atoms with E-state index in [9.17, 15) is 4.79 Å². The molecule has 2 saturated heterocycles. The quantitative estimate of drug-likeness (QED) is 0.775. The van der Waals surface area contributed by atoms with Crippen molar-refractivity contribution in [2.24, 2.45) is 11.8 Å². The first kappa shape index (κ1) is 20.1. The van der Waals surface area contributed by atoms with Crippen molar-refractivity contribution >= 4 is 11.7 Å².